The van der Waals surface area contributed by atoms with E-state index in [9.17, 15) is 22.8 Å². The second-order valence-electron chi connectivity index (χ2n) is 4.45. The molecule has 0 spiro atoms. The molecule has 8 heteroatoms. The van der Waals surface area contributed by atoms with E-state index < -0.39 is 12.4 Å². The summed E-state index contributed by atoms with van der Waals surface area (Å²) in [4.78, 5) is 24.6. The first-order chi connectivity index (χ1) is 9.80. The molecule has 5 nitrogen and oxygen atoms in total. The summed E-state index contributed by atoms with van der Waals surface area (Å²) in [6, 6.07) is 4.29. The number of halogens is 3. The lowest BCUT2D eigenvalue weighted by molar-refractivity contribution is -0.274. The summed E-state index contributed by atoms with van der Waals surface area (Å²) in [5.41, 5.74) is 0.439. The van der Waals surface area contributed by atoms with E-state index in [1.165, 1.54) is 12.1 Å². The number of hydrogen-bond acceptors (Lipinski definition) is 4. The molecule has 1 N–H and O–H groups in total. The summed E-state index contributed by atoms with van der Waals surface area (Å²) in [5.74, 6) is -0.952. The number of rotatable bonds is 4. The van der Waals surface area contributed by atoms with Gasteiger partial charge in [0.25, 0.3) is 5.91 Å². The highest BCUT2D eigenvalue weighted by Crippen LogP contribution is 2.25. The van der Waals surface area contributed by atoms with Crippen molar-refractivity contribution < 1.29 is 27.5 Å². The van der Waals surface area contributed by atoms with Crippen LogP contribution in [-0.2, 0) is 9.59 Å². The Labute approximate surface area is 118 Å². The normalized spacial score (nSPS) is 19.0. The third kappa shape index (κ3) is 3.65. The van der Waals surface area contributed by atoms with E-state index in [4.69, 9.17) is 0 Å². The Morgan fingerprint density at radius 3 is 2.38 bits per heavy atom. The first-order valence-corrected chi connectivity index (χ1v) is 6.26. The molecule has 1 aromatic rings. The summed E-state index contributed by atoms with van der Waals surface area (Å²) in [5, 5.41) is 2.83. The minimum absolute atomic E-state index is 0.0352. The summed E-state index contributed by atoms with van der Waals surface area (Å²) in [6.07, 6.45) is -4.71. The third-order valence-electron chi connectivity index (χ3n) is 2.99. The van der Waals surface area contributed by atoms with E-state index in [2.05, 4.69) is 10.1 Å². The molecule has 1 atom stereocenters. The quantitative estimate of drug-likeness (QED) is 0.866. The van der Waals surface area contributed by atoms with Gasteiger partial charge in [-0.3, -0.25) is 14.5 Å². The average Bonchev–Trinajstić information content (AvgIpc) is 2.65. The lowest BCUT2D eigenvalue weighted by Gasteiger charge is -2.14. The van der Waals surface area contributed by atoms with Gasteiger partial charge >= 0.3 is 6.36 Å². The maximum absolute atomic E-state index is 12.0. The van der Waals surface area contributed by atoms with Crippen LogP contribution in [0.4, 0.5) is 18.9 Å². The molecule has 1 aliphatic heterocycles. The number of likely N-dealkylation sites (tertiary alicyclic amines) is 1. The molecule has 2 amide bonds. The second-order valence-corrected chi connectivity index (χ2v) is 4.45. The van der Waals surface area contributed by atoms with Crippen LogP contribution in [0.1, 0.15) is 13.3 Å². The van der Waals surface area contributed by atoms with Gasteiger partial charge in [0.15, 0.2) is 0 Å². The smallest absolute Gasteiger partial charge is 0.406 e. The van der Waals surface area contributed by atoms with Gasteiger partial charge in [-0.15, -0.1) is 13.2 Å². The SMILES string of the molecule is CCN1C(=O)CC(Nc2ccc(OC(F)(F)F)cc2)C1=O. The van der Waals surface area contributed by atoms with Crippen LogP contribution in [-0.4, -0.2) is 35.7 Å². The first kappa shape index (κ1) is 15.1. The van der Waals surface area contributed by atoms with Crippen molar-refractivity contribution in [2.24, 2.45) is 0 Å². The summed E-state index contributed by atoms with van der Waals surface area (Å²) in [6.45, 7) is 2.00. The zero-order valence-corrected chi connectivity index (χ0v) is 11.1. The van der Waals surface area contributed by atoms with Crippen LogP contribution in [0.5, 0.6) is 5.75 Å². The molecule has 0 aromatic heterocycles. The van der Waals surface area contributed by atoms with Crippen LogP contribution in [0.25, 0.3) is 0 Å². The number of amides is 2. The van der Waals surface area contributed by atoms with Gasteiger partial charge in [0.1, 0.15) is 11.8 Å². The van der Waals surface area contributed by atoms with Gasteiger partial charge in [-0.05, 0) is 31.2 Å². The van der Waals surface area contributed by atoms with Crippen LogP contribution >= 0.6 is 0 Å². The molecule has 1 aliphatic rings. The van der Waals surface area contributed by atoms with Crippen molar-refractivity contribution in [1.82, 2.24) is 4.90 Å². The molecule has 114 valence electrons. The number of alkyl halides is 3. The standard InChI is InChI=1S/C13H13F3N2O3/c1-2-18-11(19)7-10(12(18)20)17-8-3-5-9(6-4-8)21-13(14,15)16/h3-6,10,17H,2,7H2,1H3. The fourth-order valence-electron chi connectivity index (χ4n) is 2.08. The fourth-order valence-corrected chi connectivity index (χ4v) is 2.08. The van der Waals surface area contributed by atoms with Gasteiger partial charge in [0, 0.05) is 12.2 Å². The van der Waals surface area contributed by atoms with Crippen molar-refractivity contribution in [3.8, 4) is 5.75 Å². The lowest BCUT2D eigenvalue weighted by Crippen LogP contribution is -2.34. The van der Waals surface area contributed by atoms with Crippen molar-refractivity contribution in [3.63, 3.8) is 0 Å². The molecule has 1 heterocycles. The third-order valence-corrected chi connectivity index (χ3v) is 2.99. The van der Waals surface area contributed by atoms with Gasteiger partial charge in [-0.25, -0.2) is 0 Å². The number of carbonyl (C=O) groups excluding carboxylic acids is 2. The molecular weight excluding hydrogens is 289 g/mol. The van der Waals surface area contributed by atoms with E-state index >= 15 is 0 Å². The van der Waals surface area contributed by atoms with Gasteiger partial charge < -0.3 is 10.1 Å². The molecule has 1 unspecified atom stereocenters. The highest BCUT2D eigenvalue weighted by atomic mass is 19.4. The minimum atomic E-state index is -4.75. The maximum atomic E-state index is 12.0. The Bertz CT molecular complexity index is 543. The van der Waals surface area contributed by atoms with E-state index in [-0.39, 0.29) is 24.0 Å². The average molecular weight is 302 g/mol. The molecule has 1 saturated heterocycles. The number of carbonyl (C=O) groups is 2. The number of likely N-dealkylation sites (N-methyl/N-ethyl adjacent to an activating group) is 1. The maximum Gasteiger partial charge on any atom is 0.573 e. The number of nitrogens with zero attached hydrogens (tertiary/aromatic N) is 1. The molecule has 0 radical (unpaired) electrons. The van der Waals surface area contributed by atoms with Crippen LogP contribution in [0, 0.1) is 0 Å². The molecule has 1 aromatic carbocycles. The van der Waals surface area contributed by atoms with Gasteiger partial charge in [0.2, 0.25) is 5.91 Å². The minimum Gasteiger partial charge on any atom is -0.406 e. The van der Waals surface area contributed by atoms with E-state index in [1.54, 1.807) is 6.92 Å². The number of hydrogen-bond donors (Lipinski definition) is 1. The number of ether oxygens (including phenoxy) is 1. The van der Waals surface area contributed by atoms with E-state index in [0.29, 0.717) is 12.2 Å². The summed E-state index contributed by atoms with van der Waals surface area (Å²) < 4.78 is 39.8. The van der Waals surface area contributed by atoms with Crippen molar-refractivity contribution in [2.75, 3.05) is 11.9 Å². The van der Waals surface area contributed by atoms with E-state index in [0.717, 1.165) is 17.0 Å². The monoisotopic (exact) mass is 302 g/mol. The van der Waals surface area contributed by atoms with Gasteiger partial charge in [0.05, 0.1) is 6.42 Å². The Morgan fingerprint density at radius 1 is 1.29 bits per heavy atom. The number of anilines is 1. The number of benzene rings is 1. The predicted molar refractivity (Wildman–Crippen MR) is 67.5 cm³/mol. The Morgan fingerprint density at radius 2 is 1.90 bits per heavy atom. The topological polar surface area (TPSA) is 58.6 Å². The highest BCUT2D eigenvalue weighted by molar-refractivity contribution is 6.06. The summed E-state index contributed by atoms with van der Waals surface area (Å²) in [7, 11) is 0. The molecule has 1 fully saturated rings. The van der Waals surface area contributed by atoms with Crippen LogP contribution in [0.2, 0.25) is 0 Å². The highest BCUT2D eigenvalue weighted by Gasteiger charge is 2.37. The van der Waals surface area contributed by atoms with Crippen molar-refractivity contribution in [2.45, 2.75) is 25.7 Å². The zero-order valence-electron chi connectivity index (χ0n) is 11.1. The second kappa shape index (κ2) is 5.63. The molecule has 0 saturated carbocycles. The van der Waals surface area contributed by atoms with Crippen molar-refractivity contribution in [1.29, 1.82) is 0 Å². The fraction of sp³-hybridized carbons (Fsp3) is 0.385. The molecular formula is C13H13F3N2O3. The Kier molecular flexibility index (Phi) is 4.06. The molecule has 21 heavy (non-hydrogen) atoms. The van der Waals surface area contributed by atoms with Crippen molar-refractivity contribution >= 4 is 17.5 Å². The predicted octanol–water partition coefficient (Wildman–Crippen LogP) is 2.14. The number of imide groups is 1. The van der Waals surface area contributed by atoms with Gasteiger partial charge in [-0.2, -0.15) is 0 Å². The Balaban J connectivity index is 2.01. The van der Waals surface area contributed by atoms with Crippen molar-refractivity contribution in [3.05, 3.63) is 24.3 Å². The largest absolute Gasteiger partial charge is 0.573 e. The Hall–Kier alpha value is -2.25. The van der Waals surface area contributed by atoms with E-state index in [1.807, 2.05) is 0 Å². The van der Waals surface area contributed by atoms with Gasteiger partial charge in [-0.1, -0.05) is 0 Å². The van der Waals surface area contributed by atoms with Crippen LogP contribution in [0.3, 0.4) is 0 Å². The summed E-state index contributed by atoms with van der Waals surface area (Å²) >= 11 is 0. The number of nitrogens with one attached hydrogen (secondary N) is 1. The lowest BCUT2D eigenvalue weighted by atomic mass is 10.2. The molecule has 0 aliphatic carbocycles. The molecule has 0 bridgehead atoms. The zero-order chi connectivity index (χ0) is 15.6. The van der Waals surface area contributed by atoms with Crippen LogP contribution < -0.4 is 10.1 Å². The molecule has 2 rings (SSSR count). The first-order valence-electron chi connectivity index (χ1n) is 6.26. The van der Waals surface area contributed by atoms with Crippen LogP contribution in [0.15, 0.2) is 24.3 Å².